The van der Waals surface area contributed by atoms with Crippen molar-refractivity contribution in [2.75, 3.05) is 6.54 Å². The standard InChI is InChI=1S/C22H17ClFNO/c23-18-6-3-5-17(14-18)22(26)25-13-12-15-4-1-2-7-20(15)21(25)16-8-10-19(24)11-9-16/h1-11,14,21H,12-13H2/t21-/m0/s1. The molecule has 3 aromatic carbocycles. The Morgan fingerprint density at radius 1 is 1.00 bits per heavy atom. The van der Waals surface area contributed by atoms with Crippen LogP contribution in [-0.2, 0) is 6.42 Å². The van der Waals surface area contributed by atoms with E-state index in [1.807, 2.05) is 23.1 Å². The monoisotopic (exact) mass is 365 g/mol. The van der Waals surface area contributed by atoms with E-state index in [4.69, 9.17) is 11.6 Å². The average molecular weight is 366 g/mol. The fourth-order valence-corrected chi connectivity index (χ4v) is 3.77. The van der Waals surface area contributed by atoms with Crippen molar-refractivity contribution in [3.8, 4) is 0 Å². The minimum absolute atomic E-state index is 0.0728. The molecule has 0 unspecified atom stereocenters. The molecule has 0 N–H and O–H groups in total. The molecule has 1 aliphatic heterocycles. The van der Waals surface area contributed by atoms with E-state index >= 15 is 0 Å². The molecule has 0 aliphatic carbocycles. The number of halogens is 2. The van der Waals surface area contributed by atoms with E-state index in [1.54, 1.807) is 36.4 Å². The summed E-state index contributed by atoms with van der Waals surface area (Å²) in [5.74, 6) is -0.359. The second kappa shape index (κ2) is 6.93. The molecule has 26 heavy (non-hydrogen) atoms. The van der Waals surface area contributed by atoms with Crippen LogP contribution in [0, 0.1) is 5.82 Å². The van der Waals surface area contributed by atoms with Gasteiger partial charge in [0.2, 0.25) is 0 Å². The normalized spacial score (nSPS) is 16.2. The zero-order valence-electron chi connectivity index (χ0n) is 14.0. The van der Waals surface area contributed by atoms with Crippen LogP contribution < -0.4 is 0 Å². The van der Waals surface area contributed by atoms with E-state index in [0.717, 1.165) is 17.5 Å². The Balaban J connectivity index is 1.80. The summed E-state index contributed by atoms with van der Waals surface area (Å²) in [4.78, 5) is 15.1. The van der Waals surface area contributed by atoms with Gasteiger partial charge in [-0.1, -0.05) is 54.1 Å². The van der Waals surface area contributed by atoms with Crippen molar-refractivity contribution in [3.05, 3.63) is 106 Å². The maximum atomic E-state index is 13.4. The molecule has 2 nitrogen and oxygen atoms in total. The van der Waals surface area contributed by atoms with Gasteiger partial charge in [0, 0.05) is 17.1 Å². The molecule has 0 aromatic heterocycles. The summed E-state index contributed by atoms with van der Waals surface area (Å²) in [6.45, 7) is 0.602. The summed E-state index contributed by atoms with van der Waals surface area (Å²) in [6, 6.07) is 21.2. The van der Waals surface area contributed by atoms with Crippen molar-refractivity contribution >= 4 is 17.5 Å². The van der Waals surface area contributed by atoms with E-state index in [1.165, 1.54) is 17.7 Å². The highest BCUT2D eigenvalue weighted by molar-refractivity contribution is 6.30. The van der Waals surface area contributed by atoms with Crippen LogP contribution in [0.2, 0.25) is 5.02 Å². The number of hydrogen-bond acceptors (Lipinski definition) is 1. The predicted molar refractivity (Wildman–Crippen MR) is 101 cm³/mol. The molecule has 3 aromatic rings. The minimum atomic E-state index is -0.287. The molecule has 0 bridgehead atoms. The Kier molecular flexibility index (Phi) is 4.48. The van der Waals surface area contributed by atoms with Crippen LogP contribution in [0.5, 0.6) is 0 Å². The van der Waals surface area contributed by atoms with Crippen molar-refractivity contribution in [1.82, 2.24) is 4.90 Å². The average Bonchev–Trinajstić information content (AvgIpc) is 2.67. The van der Waals surface area contributed by atoms with Crippen LogP contribution in [0.3, 0.4) is 0 Å². The molecule has 0 radical (unpaired) electrons. The van der Waals surface area contributed by atoms with Crippen LogP contribution in [0.15, 0.2) is 72.8 Å². The third-order valence-electron chi connectivity index (χ3n) is 4.80. The molecule has 4 heteroatoms. The fourth-order valence-electron chi connectivity index (χ4n) is 3.58. The Labute approximate surface area is 156 Å². The molecular formula is C22H17ClFNO. The molecule has 0 fully saturated rings. The first kappa shape index (κ1) is 16.8. The smallest absolute Gasteiger partial charge is 0.254 e. The third-order valence-corrected chi connectivity index (χ3v) is 5.04. The molecule has 0 spiro atoms. The number of fused-ring (bicyclic) bond motifs is 1. The maximum Gasteiger partial charge on any atom is 0.254 e. The summed E-state index contributed by atoms with van der Waals surface area (Å²) in [7, 11) is 0. The number of rotatable bonds is 2. The lowest BCUT2D eigenvalue weighted by molar-refractivity contribution is 0.0694. The van der Waals surface area contributed by atoms with E-state index < -0.39 is 0 Å². The number of hydrogen-bond donors (Lipinski definition) is 0. The van der Waals surface area contributed by atoms with Gasteiger partial charge in [-0.15, -0.1) is 0 Å². The number of nitrogens with zero attached hydrogens (tertiary/aromatic N) is 1. The molecule has 0 saturated carbocycles. The van der Waals surface area contributed by atoms with Gasteiger partial charge in [-0.3, -0.25) is 4.79 Å². The summed E-state index contributed by atoms with van der Waals surface area (Å²) in [5, 5.41) is 0.534. The first-order valence-corrected chi connectivity index (χ1v) is 8.91. The Morgan fingerprint density at radius 3 is 2.54 bits per heavy atom. The van der Waals surface area contributed by atoms with E-state index in [2.05, 4.69) is 6.07 Å². The number of carbonyl (C=O) groups is 1. The van der Waals surface area contributed by atoms with Crippen LogP contribution in [0.4, 0.5) is 4.39 Å². The second-order valence-electron chi connectivity index (χ2n) is 6.41. The molecule has 1 amide bonds. The Morgan fingerprint density at radius 2 is 1.77 bits per heavy atom. The van der Waals surface area contributed by atoms with E-state index in [9.17, 15) is 9.18 Å². The van der Waals surface area contributed by atoms with Gasteiger partial charge in [-0.2, -0.15) is 0 Å². The topological polar surface area (TPSA) is 20.3 Å². The lowest BCUT2D eigenvalue weighted by atomic mass is 9.87. The zero-order valence-corrected chi connectivity index (χ0v) is 14.8. The number of amides is 1. The highest BCUT2D eigenvalue weighted by atomic mass is 35.5. The van der Waals surface area contributed by atoms with Crippen molar-refractivity contribution in [2.24, 2.45) is 0 Å². The van der Waals surface area contributed by atoms with Crippen LogP contribution >= 0.6 is 11.6 Å². The van der Waals surface area contributed by atoms with Crippen molar-refractivity contribution in [3.63, 3.8) is 0 Å². The summed E-state index contributed by atoms with van der Waals surface area (Å²) < 4.78 is 13.4. The molecule has 1 atom stereocenters. The predicted octanol–water partition coefficient (Wildman–Crippen LogP) is 5.27. The zero-order chi connectivity index (χ0) is 18.1. The molecule has 130 valence electrons. The van der Waals surface area contributed by atoms with Gasteiger partial charge in [0.05, 0.1) is 6.04 Å². The van der Waals surface area contributed by atoms with Gasteiger partial charge < -0.3 is 4.90 Å². The highest BCUT2D eigenvalue weighted by Gasteiger charge is 2.32. The second-order valence-corrected chi connectivity index (χ2v) is 6.85. The first-order valence-electron chi connectivity index (χ1n) is 8.53. The van der Waals surface area contributed by atoms with Crippen molar-refractivity contribution in [1.29, 1.82) is 0 Å². The van der Waals surface area contributed by atoms with Gasteiger partial charge in [-0.05, 0) is 53.4 Å². The summed E-state index contributed by atoms with van der Waals surface area (Å²) >= 11 is 6.07. The summed E-state index contributed by atoms with van der Waals surface area (Å²) in [5.41, 5.74) is 3.76. The Bertz CT molecular complexity index is 954. The SMILES string of the molecule is O=C(c1cccc(Cl)c1)N1CCc2ccccc2[C@@H]1c1ccc(F)cc1. The van der Waals surface area contributed by atoms with Gasteiger partial charge >= 0.3 is 0 Å². The number of carbonyl (C=O) groups excluding carboxylic acids is 1. The van der Waals surface area contributed by atoms with Crippen LogP contribution in [-0.4, -0.2) is 17.4 Å². The molecule has 1 heterocycles. The number of benzene rings is 3. The molecular weight excluding hydrogens is 349 g/mol. The van der Waals surface area contributed by atoms with Gasteiger partial charge in [-0.25, -0.2) is 4.39 Å². The van der Waals surface area contributed by atoms with E-state index in [0.29, 0.717) is 17.1 Å². The van der Waals surface area contributed by atoms with Crippen molar-refractivity contribution < 1.29 is 9.18 Å². The first-order chi connectivity index (χ1) is 12.6. The van der Waals surface area contributed by atoms with Gasteiger partial charge in [0.15, 0.2) is 0 Å². The molecule has 1 aliphatic rings. The largest absolute Gasteiger partial charge is 0.327 e. The quantitative estimate of drug-likeness (QED) is 0.606. The lowest BCUT2D eigenvalue weighted by Crippen LogP contribution is -2.40. The Hall–Kier alpha value is -2.65. The van der Waals surface area contributed by atoms with Crippen LogP contribution in [0.1, 0.15) is 33.1 Å². The highest BCUT2D eigenvalue weighted by Crippen LogP contribution is 2.36. The lowest BCUT2D eigenvalue weighted by Gasteiger charge is -2.38. The minimum Gasteiger partial charge on any atom is -0.327 e. The summed E-state index contributed by atoms with van der Waals surface area (Å²) in [6.07, 6.45) is 0.792. The third kappa shape index (κ3) is 3.11. The van der Waals surface area contributed by atoms with Crippen LogP contribution in [0.25, 0.3) is 0 Å². The van der Waals surface area contributed by atoms with Gasteiger partial charge in [0.25, 0.3) is 5.91 Å². The fraction of sp³-hybridized carbons (Fsp3) is 0.136. The van der Waals surface area contributed by atoms with Crippen molar-refractivity contribution in [2.45, 2.75) is 12.5 Å². The maximum absolute atomic E-state index is 13.4. The van der Waals surface area contributed by atoms with E-state index in [-0.39, 0.29) is 17.8 Å². The molecule has 4 rings (SSSR count). The van der Waals surface area contributed by atoms with Gasteiger partial charge in [0.1, 0.15) is 5.82 Å². The molecule has 0 saturated heterocycles.